The number of hydrogen-bond donors (Lipinski definition) is 2. The van der Waals surface area contributed by atoms with Crippen LogP contribution in [0.15, 0.2) is 72.8 Å². The first-order chi connectivity index (χ1) is 15.8. The van der Waals surface area contributed by atoms with Crippen LogP contribution >= 0.6 is 0 Å². The predicted octanol–water partition coefficient (Wildman–Crippen LogP) is 4.96. The smallest absolute Gasteiger partial charge is 0.229 e. The van der Waals surface area contributed by atoms with Crippen molar-refractivity contribution < 1.29 is 9.47 Å². The number of morpholine rings is 1. The Hall–Kier alpha value is -3.84. The van der Waals surface area contributed by atoms with E-state index in [1.54, 1.807) is 7.11 Å². The largest absolute Gasteiger partial charge is 0.497 e. The molecule has 0 aliphatic carbocycles. The predicted molar refractivity (Wildman–Crippen MR) is 129 cm³/mol. The third kappa shape index (κ3) is 4.43. The Labute approximate surface area is 187 Å². The fourth-order valence-corrected chi connectivity index (χ4v) is 3.76. The van der Waals surface area contributed by atoms with E-state index in [9.17, 15) is 0 Å². The summed E-state index contributed by atoms with van der Waals surface area (Å²) in [7, 11) is 1.66. The highest BCUT2D eigenvalue weighted by Gasteiger charge is 2.16. The van der Waals surface area contributed by atoms with Gasteiger partial charge < -0.3 is 25.0 Å². The average molecular weight is 428 g/mol. The lowest BCUT2D eigenvalue weighted by Crippen LogP contribution is -2.37. The number of aromatic nitrogens is 2. The molecule has 1 aromatic heterocycles. The summed E-state index contributed by atoms with van der Waals surface area (Å²) in [6, 6.07) is 24.2. The van der Waals surface area contributed by atoms with Gasteiger partial charge in [-0.3, -0.25) is 0 Å². The highest BCUT2D eigenvalue weighted by molar-refractivity contribution is 5.95. The number of rotatable bonds is 6. The van der Waals surface area contributed by atoms with Crippen LogP contribution < -0.4 is 20.3 Å². The van der Waals surface area contributed by atoms with Gasteiger partial charge in [-0.1, -0.05) is 36.4 Å². The quantitative estimate of drug-likeness (QED) is 0.450. The Kier molecular flexibility index (Phi) is 5.72. The zero-order valence-electron chi connectivity index (χ0n) is 17.9. The van der Waals surface area contributed by atoms with Crippen LogP contribution in [0.5, 0.6) is 5.75 Å². The highest BCUT2D eigenvalue weighted by Crippen LogP contribution is 2.28. The number of nitrogens with one attached hydrogen (secondary N) is 2. The summed E-state index contributed by atoms with van der Waals surface area (Å²) >= 11 is 0. The number of methoxy groups -OCH3 is 1. The summed E-state index contributed by atoms with van der Waals surface area (Å²) in [4.78, 5) is 11.7. The van der Waals surface area contributed by atoms with E-state index >= 15 is 0 Å². The zero-order chi connectivity index (χ0) is 21.8. The minimum absolute atomic E-state index is 0.672. The molecule has 5 rings (SSSR count). The van der Waals surface area contributed by atoms with Gasteiger partial charge in [-0.05, 0) is 35.7 Å². The van der Waals surface area contributed by atoms with Crippen molar-refractivity contribution in [3.63, 3.8) is 0 Å². The number of anilines is 5. The van der Waals surface area contributed by atoms with Crippen molar-refractivity contribution in [3.8, 4) is 5.75 Å². The second-order valence-corrected chi connectivity index (χ2v) is 7.54. The second-order valence-electron chi connectivity index (χ2n) is 7.54. The first-order valence-electron chi connectivity index (χ1n) is 10.7. The molecule has 0 bridgehead atoms. The van der Waals surface area contributed by atoms with Crippen LogP contribution in [0.25, 0.3) is 10.8 Å². The molecule has 3 aromatic carbocycles. The van der Waals surface area contributed by atoms with Gasteiger partial charge in [0.15, 0.2) is 0 Å². The van der Waals surface area contributed by atoms with Crippen LogP contribution in [0.2, 0.25) is 0 Å². The fraction of sp³-hybridized carbons (Fsp3) is 0.200. The first kappa shape index (κ1) is 20.1. The maximum atomic E-state index is 5.50. The van der Waals surface area contributed by atoms with Crippen molar-refractivity contribution in [1.82, 2.24) is 9.97 Å². The topological polar surface area (TPSA) is 71.5 Å². The summed E-state index contributed by atoms with van der Waals surface area (Å²) in [5.74, 6) is 2.93. The third-order valence-electron chi connectivity index (χ3n) is 5.42. The van der Waals surface area contributed by atoms with E-state index in [2.05, 4.69) is 39.8 Å². The zero-order valence-corrected chi connectivity index (χ0v) is 17.9. The SMILES string of the molecule is COc1ccc(Nc2cc(Nc3cccc4ccccc34)nc(N3CCOCC3)n2)cc1. The van der Waals surface area contributed by atoms with Crippen molar-refractivity contribution in [1.29, 1.82) is 0 Å². The summed E-state index contributed by atoms with van der Waals surface area (Å²) in [6.45, 7) is 2.87. The van der Waals surface area contributed by atoms with Crippen LogP contribution in [0, 0.1) is 0 Å². The third-order valence-corrected chi connectivity index (χ3v) is 5.42. The number of nitrogens with zero attached hydrogens (tertiary/aromatic N) is 3. The minimum atomic E-state index is 0.672. The van der Waals surface area contributed by atoms with E-state index in [0.29, 0.717) is 19.2 Å². The average Bonchev–Trinajstić information content (AvgIpc) is 2.85. The van der Waals surface area contributed by atoms with E-state index in [0.717, 1.165) is 47.2 Å². The maximum Gasteiger partial charge on any atom is 0.229 e. The van der Waals surface area contributed by atoms with E-state index < -0.39 is 0 Å². The van der Waals surface area contributed by atoms with Crippen LogP contribution in [0.4, 0.5) is 29.0 Å². The van der Waals surface area contributed by atoms with Crippen LogP contribution in [0.1, 0.15) is 0 Å². The molecule has 2 N–H and O–H groups in total. The minimum Gasteiger partial charge on any atom is -0.497 e. The Morgan fingerprint density at radius 2 is 1.56 bits per heavy atom. The van der Waals surface area contributed by atoms with E-state index in [1.165, 1.54) is 5.39 Å². The standard InChI is InChI=1S/C25H25N5O2/c1-31-20-11-9-19(10-12-20)26-23-17-24(29-25(28-23)30-13-15-32-16-14-30)27-22-8-4-6-18-5-2-3-7-21(18)22/h2-12,17H,13-16H2,1H3,(H2,26,27,28,29). The molecular weight excluding hydrogens is 402 g/mol. The molecule has 1 aliphatic rings. The molecule has 0 unspecified atom stereocenters. The summed E-state index contributed by atoms with van der Waals surface area (Å²) in [5, 5.41) is 9.22. The number of ether oxygens (including phenoxy) is 2. The molecule has 32 heavy (non-hydrogen) atoms. The lowest BCUT2D eigenvalue weighted by Gasteiger charge is -2.27. The summed E-state index contributed by atoms with van der Waals surface area (Å²) < 4.78 is 10.8. The molecule has 7 nitrogen and oxygen atoms in total. The molecule has 1 aliphatic heterocycles. The van der Waals surface area contributed by atoms with Crippen molar-refractivity contribution in [2.24, 2.45) is 0 Å². The van der Waals surface area contributed by atoms with Gasteiger partial charge in [0.25, 0.3) is 0 Å². The molecule has 4 aromatic rings. The van der Waals surface area contributed by atoms with Crippen molar-refractivity contribution >= 4 is 39.7 Å². The maximum absolute atomic E-state index is 5.50. The molecule has 0 radical (unpaired) electrons. The lowest BCUT2D eigenvalue weighted by atomic mass is 10.1. The molecule has 0 atom stereocenters. The van der Waals surface area contributed by atoms with Gasteiger partial charge in [0.2, 0.25) is 5.95 Å². The van der Waals surface area contributed by atoms with Gasteiger partial charge in [-0.2, -0.15) is 9.97 Å². The highest BCUT2D eigenvalue weighted by atomic mass is 16.5. The van der Waals surface area contributed by atoms with Gasteiger partial charge in [0.05, 0.1) is 20.3 Å². The lowest BCUT2D eigenvalue weighted by molar-refractivity contribution is 0.122. The van der Waals surface area contributed by atoms with E-state index in [-0.39, 0.29) is 0 Å². The Balaban J connectivity index is 1.49. The summed E-state index contributed by atoms with van der Waals surface area (Å²) in [5.41, 5.74) is 1.93. The van der Waals surface area contributed by atoms with Gasteiger partial charge in [0, 0.05) is 35.9 Å². The molecule has 0 spiro atoms. The fourth-order valence-electron chi connectivity index (χ4n) is 3.76. The molecule has 7 heteroatoms. The number of benzene rings is 3. The molecule has 2 heterocycles. The van der Waals surface area contributed by atoms with Crippen LogP contribution in [-0.4, -0.2) is 43.4 Å². The van der Waals surface area contributed by atoms with Gasteiger partial charge in [-0.15, -0.1) is 0 Å². The van der Waals surface area contributed by atoms with E-state index in [1.807, 2.05) is 48.5 Å². The normalized spacial score (nSPS) is 13.7. The number of hydrogen-bond acceptors (Lipinski definition) is 7. The van der Waals surface area contributed by atoms with Gasteiger partial charge in [0.1, 0.15) is 17.4 Å². The Morgan fingerprint density at radius 3 is 2.34 bits per heavy atom. The summed E-state index contributed by atoms with van der Waals surface area (Å²) in [6.07, 6.45) is 0. The van der Waals surface area contributed by atoms with Crippen molar-refractivity contribution in [2.45, 2.75) is 0 Å². The molecule has 162 valence electrons. The molecular formula is C25H25N5O2. The Bertz CT molecular complexity index is 1200. The molecule has 1 saturated heterocycles. The molecule has 0 amide bonds. The second kappa shape index (κ2) is 9.11. The van der Waals surface area contributed by atoms with Gasteiger partial charge >= 0.3 is 0 Å². The molecule has 1 fully saturated rings. The monoisotopic (exact) mass is 427 g/mol. The van der Waals surface area contributed by atoms with E-state index in [4.69, 9.17) is 19.4 Å². The van der Waals surface area contributed by atoms with Crippen LogP contribution in [0.3, 0.4) is 0 Å². The Morgan fingerprint density at radius 1 is 0.844 bits per heavy atom. The number of fused-ring (bicyclic) bond motifs is 1. The van der Waals surface area contributed by atoms with Gasteiger partial charge in [-0.25, -0.2) is 0 Å². The molecule has 0 saturated carbocycles. The van der Waals surface area contributed by atoms with Crippen molar-refractivity contribution in [3.05, 3.63) is 72.8 Å². The van der Waals surface area contributed by atoms with Crippen molar-refractivity contribution in [2.75, 3.05) is 48.9 Å². The first-order valence-corrected chi connectivity index (χ1v) is 10.7. The van der Waals surface area contributed by atoms with Crippen LogP contribution in [-0.2, 0) is 4.74 Å².